The number of aromatic nitrogens is 1. The van der Waals surface area contributed by atoms with Crippen molar-refractivity contribution in [3.63, 3.8) is 0 Å². The molecule has 3 fully saturated rings. The monoisotopic (exact) mass is 380 g/mol. The third-order valence-electron chi connectivity index (χ3n) is 6.34. The van der Waals surface area contributed by atoms with Crippen molar-refractivity contribution in [2.75, 3.05) is 13.1 Å². The van der Waals surface area contributed by atoms with Gasteiger partial charge in [0, 0.05) is 30.1 Å². The van der Waals surface area contributed by atoms with Crippen LogP contribution in [0.15, 0.2) is 12.1 Å². The fraction of sp³-hybridized carbons (Fsp3) is 0.700. The van der Waals surface area contributed by atoms with Gasteiger partial charge in [0.15, 0.2) is 0 Å². The van der Waals surface area contributed by atoms with Gasteiger partial charge in [0.05, 0.1) is 11.3 Å². The number of hydrogen-bond donors (Lipinski definition) is 1. The second-order valence-corrected chi connectivity index (χ2v) is 9.04. The maximum absolute atomic E-state index is 12.4. The number of carbonyl (C=O) groups excluding carboxylic acids is 1. The number of amides is 1. The Hall–Kier alpha value is -1.76. The van der Waals surface area contributed by atoms with Gasteiger partial charge in [-0.2, -0.15) is 8.78 Å². The molecule has 1 N–H and O–H groups in total. The molecule has 0 bridgehead atoms. The summed E-state index contributed by atoms with van der Waals surface area (Å²) in [6.07, 6.45) is 4.14. The molecule has 1 saturated heterocycles. The van der Waals surface area contributed by atoms with Gasteiger partial charge in [-0.05, 0) is 64.0 Å². The third kappa shape index (κ3) is 3.66. The number of pyridine rings is 1. The first kappa shape index (κ1) is 18.6. The Kier molecular flexibility index (Phi) is 4.41. The molecule has 3 aliphatic rings. The zero-order valence-electron chi connectivity index (χ0n) is 15.8. The predicted octanol–water partition coefficient (Wildman–Crippen LogP) is 2.93. The summed E-state index contributed by atoms with van der Waals surface area (Å²) >= 11 is 0. The van der Waals surface area contributed by atoms with Crippen LogP contribution >= 0.6 is 0 Å². The molecule has 0 radical (unpaired) electrons. The van der Waals surface area contributed by atoms with Gasteiger partial charge in [-0.25, -0.2) is 0 Å². The van der Waals surface area contributed by atoms with E-state index in [9.17, 15) is 18.7 Å². The smallest absolute Gasteiger partial charge is 0.387 e. The van der Waals surface area contributed by atoms with E-state index in [0.717, 1.165) is 38.0 Å². The minimum absolute atomic E-state index is 0.00521. The van der Waals surface area contributed by atoms with Crippen LogP contribution in [0.25, 0.3) is 0 Å². The summed E-state index contributed by atoms with van der Waals surface area (Å²) in [5.41, 5.74) is 0.989. The van der Waals surface area contributed by atoms with E-state index < -0.39 is 12.2 Å². The topological polar surface area (TPSA) is 62.7 Å². The molecule has 2 aliphatic carbocycles. The van der Waals surface area contributed by atoms with Gasteiger partial charge in [0.25, 0.3) is 0 Å². The van der Waals surface area contributed by atoms with E-state index in [-0.39, 0.29) is 23.0 Å². The first-order valence-electron chi connectivity index (χ1n) is 9.57. The summed E-state index contributed by atoms with van der Waals surface area (Å²) in [6.45, 7) is 2.28. The fourth-order valence-electron chi connectivity index (χ4n) is 5.15. The van der Waals surface area contributed by atoms with Gasteiger partial charge < -0.3 is 14.7 Å². The molecule has 1 spiro atoms. The van der Waals surface area contributed by atoms with Gasteiger partial charge in [0.1, 0.15) is 5.75 Å². The Morgan fingerprint density at radius 1 is 1.33 bits per heavy atom. The van der Waals surface area contributed by atoms with Crippen LogP contribution in [-0.2, 0) is 11.2 Å². The minimum Gasteiger partial charge on any atom is -0.433 e. The molecule has 7 heteroatoms. The highest BCUT2D eigenvalue weighted by Crippen LogP contribution is 2.53. The molecule has 1 aromatic heterocycles. The number of ether oxygens (including phenoxy) is 1. The molecular weight excluding hydrogens is 354 g/mol. The van der Waals surface area contributed by atoms with Crippen molar-refractivity contribution in [2.45, 2.75) is 58.2 Å². The van der Waals surface area contributed by atoms with E-state index >= 15 is 0 Å². The van der Waals surface area contributed by atoms with Gasteiger partial charge in [-0.3, -0.25) is 9.78 Å². The quantitative estimate of drug-likeness (QED) is 0.853. The summed E-state index contributed by atoms with van der Waals surface area (Å²) < 4.78 is 29.1. The van der Waals surface area contributed by atoms with Gasteiger partial charge >= 0.3 is 6.61 Å². The molecule has 1 aliphatic heterocycles. The number of rotatable bonds is 5. The molecule has 0 aromatic carbocycles. The molecular formula is C20H26F2N2O3. The first-order valence-corrected chi connectivity index (χ1v) is 9.57. The SMILES string of the molecule is Cc1nc(CC2CC3(C2)CN(C(=O)[C@H]2C[C@@](C)(O)C2)C3)ccc1OC(F)F. The molecule has 0 atom stereocenters. The van der Waals surface area contributed by atoms with E-state index in [1.807, 2.05) is 4.90 Å². The molecule has 0 unspecified atom stereocenters. The summed E-state index contributed by atoms with van der Waals surface area (Å²) in [5.74, 6) is 0.847. The Bertz CT molecular complexity index is 731. The third-order valence-corrected chi connectivity index (χ3v) is 6.34. The van der Waals surface area contributed by atoms with Crippen LogP contribution in [0, 0.1) is 24.2 Å². The van der Waals surface area contributed by atoms with Crippen LogP contribution in [-0.4, -0.2) is 46.2 Å². The second-order valence-electron chi connectivity index (χ2n) is 9.04. The normalized spacial score (nSPS) is 29.3. The highest BCUT2D eigenvalue weighted by Gasteiger charge is 2.55. The van der Waals surface area contributed by atoms with Crippen molar-refractivity contribution >= 4 is 5.91 Å². The van der Waals surface area contributed by atoms with Gasteiger partial charge in [-0.15, -0.1) is 0 Å². The molecule has 2 heterocycles. The number of hydrogen-bond acceptors (Lipinski definition) is 4. The largest absolute Gasteiger partial charge is 0.433 e. The Morgan fingerprint density at radius 2 is 2.00 bits per heavy atom. The minimum atomic E-state index is -2.84. The number of likely N-dealkylation sites (tertiary alicyclic amines) is 1. The Balaban J connectivity index is 1.23. The molecule has 27 heavy (non-hydrogen) atoms. The Morgan fingerprint density at radius 3 is 2.56 bits per heavy atom. The van der Waals surface area contributed by atoms with Crippen molar-refractivity contribution in [1.82, 2.24) is 9.88 Å². The van der Waals surface area contributed by atoms with Crippen LogP contribution in [0.4, 0.5) is 8.78 Å². The molecule has 4 rings (SSSR count). The molecule has 148 valence electrons. The highest BCUT2D eigenvalue weighted by molar-refractivity contribution is 5.81. The van der Waals surface area contributed by atoms with Crippen molar-refractivity contribution < 1.29 is 23.4 Å². The van der Waals surface area contributed by atoms with E-state index in [1.54, 1.807) is 26.0 Å². The van der Waals surface area contributed by atoms with Crippen LogP contribution < -0.4 is 4.74 Å². The van der Waals surface area contributed by atoms with E-state index in [4.69, 9.17) is 0 Å². The number of carbonyl (C=O) groups is 1. The standard InChI is InChI=1S/C20H26F2N2O3/c1-12-16(27-18(21)22)4-3-15(23-12)5-13-6-20(7-13)10-24(11-20)17(25)14-8-19(2,26)9-14/h3-4,13-14,18,26H,5-11H2,1-2H3/t14-,19+. The zero-order valence-corrected chi connectivity index (χ0v) is 15.8. The van der Waals surface area contributed by atoms with Crippen LogP contribution in [0.2, 0.25) is 0 Å². The average Bonchev–Trinajstić information content (AvgIpc) is 2.47. The Labute approximate surface area is 157 Å². The number of halogens is 2. The number of aliphatic hydroxyl groups is 1. The summed E-state index contributed by atoms with van der Waals surface area (Å²) in [4.78, 5) is 18.7. The lowest BCUT2D eigenvalue weighted by Crippen LogP contribution is -2.66. The van der Waals surface area contributed by atoms with E-state index in [1.165, 1.54) is 0 Å². The number of aryl methyl sites for hydroxylation is 1. The summed E-state index contributed by atoms with van der Waals surface area (Å²) in [6, 6.07) is 3.32. The van der Waals surface area contributed by atoms with Gasteiger partial charge in [-0.1, -0.05) is 0 Å². The van der Waals surface area contributed by atoms with Gasteiger partial charge in [0.2, 0.25) is 5.91 Å². The fourth-order valence-corrected chi connectivity index (χ4v) is 5.15. The molecule has 2 saturated carbocycles. The summed E-state index contributed by atoms with van der Waals surface area (Å²) in [7, 11) is 0. The first-order chi connectivity index (χ1) is 12.6. The maximum atomic E-state index is 12.4. The van der Waals surface area contributed by atoms with Crippen LogP contribution in [0.3, 0.4) is 0 Å². The summed E-state index contributed by atoms with van der Waals surface area (Å²) in [5, 5.41) is 9.80. The lowest BCUT2D eigenvalue weighted by atomic mass is 9.56. The van der Waals surface area contributed by atoms with E-state index in [0.29, 0.717) is 24.5 Å². The van der Waals surface area contributed by atoms with Crippen molar-refractivity contribution in [3.8, 4) is 5.75 Å². The average molecular weight is 380 g/mol. The van der Waals surface area contributed by atoms with Crippen molar-refractivity contribution in [3.05, 3.63) is 23.5 Å². The number of alkyl halides is 2. The lowest BCUT2D eigenvalue weighted by molar-refractivity contribution is -0.171. The van der Waals surface area contributed by atoms with Crippen molar-refractivity contribution in [2.24, 2.45) is 17.3 Å². The maximum Gasteiger partial charge on any atom is 0.387 e. The lowest BCUT2D eigenvalue weighted by Gasteiger charge is -2.60. The molecule has 1 amide bonds. The number of nitrogens with zero attached hydrogens (tertiary/aromatic N) is 2. The van der Waals surface area contributed by atoms with Crippen LogP contribution in [0.1, 0.15) is 44.0 Å². The van der Waals surface area contributed by atoms with Crippen molar-refractivity contribution in [1.29, 1.82) is 0 Å². The predicted molar refractivity (Wildman–Crippen MR) is 94.4 cm³/mol. The van der Waals surface area contributed by atoms with Crippen LogP contribution in [0.5, 0.6) is 5.75 Å². The molecule has 5 nitrogen and oxygen atoms in total. The molecule has 1 aromatic rings. The highest BCUT2D eigenvalue weighted by atomic mass is 19.3. The van der Waals surface area contributed by atoms with E-state index in [2.05, 4.69) is 9.72 Å². The second kappa shape index (κ2) is 6.40. The zero-order chi connectivity index (χ0) is 19.4.